The van der Waals surface area contributed by atoms with Gasteiger partial charge in [-0.05, 0) is 41.0 Å². The van der Waals surface area contributed by atoms with E-state index in [2.05, 4.69) is 41.5 Å². The van der Waals surface area contributed by atoms with E-state index in [0.29, 0.717) is 43.3 Å². The van der Waals surface area contributed by atoms with Crippen molar-refractivity contribution in [2.45, 2.75) is 20.1 Å². The molecule has 0 saturated carbocycles. The molecule has 0 spiro atoms. The molecule has 9 nitrogen and oxygen atoms in total. The summed E-state index contributed by atoms with van der Waals surface area (Å²) >= 11 is 3.54. The van der Waals surface area contributed by atoms with E-state index in [-0.39, 0.29) is 23.9 Å². The van der Waals surface area contributed by atoms with Crippen molar-refractivity contribution in [3.63, 3.8) is 0 Å². The number of aromatic nitrogens is 2. The Kier molecular flexibility index (Phi) is 8.40. The fraction of sp³-hybridized carbons (Fsp3) is 0.286. The molecule has 1 aromatic heterocycles. The molecule has 0 fully saturated rings. The molecule has 3 aromatic rings. The second-order valence-electron chi connectivity index (χ2n) is 6.63. The van der Waals surface area contributed by atoms with E-state index < -0.39 is 5.91 Å². The topological polar surface area (TPSA) is 125 Å². The molecule has 1 amide bonds. The third-order valence-corrected chi connectivity index (χ3v) is 5.12. The molecule has 4 N–H and O–H groups in total. The molecule has 0 aliphatic carbocycles. The van der Waals surface area contributed by atoms with Gasteiger partial charge in [0.15, 0.2) is 11.5 Å². The van der Waals surface area contributed by atoms with Gasteiger partial charge in [0, 0.05) is 29.7 Å². The van der Waals surface area contributed by atoms with Crippen LogP contribution in [0.1, 0.15) is 28.5 Å². The minimum absolute atomic E-state index is 0.0416. The van der Waals surface area contributed by atoms with Gasteiger partial charge in [-0.3, -0.25) is 4.79 Å². The van der Waals surface area contributed by atoms with Gasteiger partial charge in [0.2, 0.25) is 11.5 Å². The van der Waals surface area contributed by atoms with Crippen LogP contribution in [0, 0.1) is 5.82 Å². The smallest absolute Gasteiger partial charge is 0.277 e. The molecule has 0 saturated heterocycles. The van der Waals surface area contributed by atoms with Crippen molar-refractivity contribution in [3.05, 3.63) is 63.5 Å². The summed E-state index contributed by atoms with van der Waals surface area (Å²) in [6, 6.07) is 10.1. The minimum Gasteiger partial charge on any atom is -0.490 e. The molecule has 0 aliphatic rings. The molecule has 0 bridgehead atoms. The van der Waals surface area contributed by atoms with Crippen molar-refractivity contribution in [3.8, 4) is 11.5 Å². The van der Waals surface area contributed by atoms with Crippen molar-refractivity contribution in [1.82, 2.24) is 20.9 Å². The number of ether oxygens (including phenoxy) is 2. The highest BCUT2D eigenvalue weighted by Gasteiger charge is 2.15. The van der Waals surface area contributed by atoms with Crippen molar-refractivity contribution in [2.24, 2.45) is 0 Å². The zero-order chi connectivity index (χ0) is 22.9. The van der Waals surface area contributed by atoms with E-state index in [1.165, 1.54) is 6.07 Å². The second-order valence-corrected chi connectivity index (χ2v) is 7.49. The first-order valence-corrected chi connectivity index (χ1v) is 10.7. The molecule has 0 atom stereocenters. The fourth-order valence-corrected chi connectivity index (χ4v) is 3.25. The van der Waals surface area contributed by atoms with E-state index in [1.807, 2.05) is 13.0 Å². The van der Waals surface area contributed by atoms with Crippen LogP contribution < -0.4 is 25.8 Å². The highest BCUT2D eigenvalue weighted by molar-refractivity contribution is 9.10. The molecule has 32 heavy (non-hydrogen) atoms. The van der Waals surface area contributed by atoms with Crippen LogP contribution in [0.25, 0.3) is 0 Å². The summed E-state index contributed by atoms with van der Waals surface area (Å²) in [4.78, 5) is 11.9. The second kappa shape index (κ2) is 11.4. The number of halogens is 2. The number of rotatable bonds is 11. The summed E-state index contributed by atoms with van der Waals surface area (Å²) in [6.45, 7) is 3.78. The van der Waals surface area contributed by atoms with Gasteiger partial charge in [0.05, 0.1) is 6.61 Å². The number of nitrogens with zero attached hydrogens (tertiary/aromatic N) is 2. The number of carbonyl (C=O) groups excluding carboxylic acids is 1. The SMILES string of the molecule is CCOc1cc(CNCCNC(=O)c2nonc2N)c(Br)cc1OCc1ccccc1F. The third-order valence-electron chi connectivity index (χ3n) is 4.39. The van der Waals surface area contributed by atoms with Gasteiger partial charge < -0.3 is 25.8 Å². The summed E-state index contributed by atoms with van der Waals surface area (Å²) in [7, 11) is 0. The summed E-state index contributed by atoms with van der Waals surface area (Å²) < 4.78 is 30.6. The van der Waals surface area contributed by atoms with Crippen LogP contribution in [0.2, 0.25) is 0 Å². The van der Waals surface area contributed by atoms with Gasteiger partial charge >= 0.3 is 0 Å². The average Bonchev–Trinajstić information content (AvgIpc) is 3.21. The summed E-state index contributed by atoms with van der Waals surface area (Å²) in [6.07, 6.45) is 0. The number of nitrogen functional groups attached to an aromatic ring is 1. The zero-order valence-corrected chi connectivity index (χ0v) is 18.9. The van der Waals surface area contributed by atoms with Crippen molar-refractivity contribution >= 4 is 27.7 Å². The minimum atomic E-state index is -0.457. The van der Waals surface area contributed by atoms with Crippen molar-refractivity contribution in [2.75, 3.05) is 25.4 Å². The highest BCUT2D eigenvalue weighted by atomic mass is 79.9. The molecule has 3 rings (SSSR count). The first-order chi connectivity index (χ1) is 15.5. The largest absolute Gasteiger partial charge is 0.490 e. The lowest BCUT2D eigenvalue weighted by molar-refractivity contribution is 0.0944. The first kappa shape index (κ1) is 23.5. The Balaban J connectivity index is 1.55. The lowest BCUT2D eigenvalue weighted by Gasteiger charge is -2.16. The van der Waals surface area contributed by atoms with E-state index in [1.54, 1.807) is 24.3 Å². The van der Waals surface area contributed by atoms with Crippen LogP contribution in [0.15, 0.2) is 45.5 Å². The molecule has 0 aliphatic heterocycles. The third kappa shape index (κ3) is 6.17. The van der Waals surface area contributed by atoms with Crippen LogP contribution in [0.5, 0.6) is 11.5 Å². The Hall–Kier alpha value is -3.18. The molecule has 0 radical (unpaired) electrons. The Morgan fingerprint density at radius 1 is 1.16 bits per heavy atom. The number of benzene rings is 2. The molecule has 11 heteroatoms. The Morgan fingerprint density at radius 3 is 2.66 bits per heavy atom. The number of amides is 1. The monoisotopic (exact) mass is 507 g/mol. The van der Waals surface area contributed by atoms with E-state index in [4.69, 9.17) is 15.2 Å². The predicted molar refractivity (Wildman–Crippen MR) is 119 cm³/mol. The standard InChI is InChI=1S/C21H23BrFN5O4/c1-2-30-17-9-14(11-25-7-8-26-21(29)19-20(24)28-32-27-19)15(22)10-18(17)31-12-13-5-3-4-6-16(13)23/h3-6,9-10,25H,2,7-8,11-12H2,1H3,(H2,24,28)(H,26,29). The number of anilines is 1. The molecule has 2 aromatic carbocycles. The van der Waals surface area contributed by atoms with Crippen LogP contribution in [-0.2, 0) is 13.2 Å². The Bertz CT molecular complexity index is 1060. The van der Waals surface area contributed by atoms with Gasteiger partial charge in [-0.1, -0.05) is 34.1 Å². The Morgan fingerprint density at radius 2 is 1.94 bits per heavy atom. The zero-order valence-electron chi connectivity index (χ0n) is 17.4. The lowest BCUT2D eigenvalue weighted by atomic mass is 10.2. The average molecular weight is 508 g/mol. The first-order valence-electron chi connectivity index (χ1n) is 9.88. The number of nitrogens with two attached hydrogens (primary N) is 1. The molecule has 170 valence electrons. The fourth-order valence-electron chi connectivity index (χ4n) is 2.79. The summed E-state index contributed by atoms with van der Waals surface area (Å²) in [5.41, 5.74) is 6.84. The molecular weight excluding hydrogens is 485 g/mol. The van der Waals surface area contributed by atoms with Gasteiger partial charge in [0.1, 0.15) is 12.4 Å². The lowest BCUT2D eigenvalue weighted by Crippen LogP contribution is -2.32. The van der Waals surface area contributed by atoms with Crippen molar-refractivity contribution < 1.29 is 23.3 Å². The van der Waals surface area contributed by atoms with E-state index in [9.17, 15) is 9.18 Å². The van der Waals surface area contributed by atoms with Crippen LogP contribution in [0.3, 0.4) is 0 Å². The highest BCUT2D eigenvalue weighted by Crippen LogP contribution is 2.34. The van der Waals surface area contributed by atoms with Gasteiger partial charge in [-0.2, -0.15) is 0 Å². The van der Waals surface area contributed by atoms with E-state index in [0.717, 1.165) is 10.0 Å². The maximum Gasteiger partial charge on any atom is 0.277 e. The quantitative estimate of drug-likeness (QED) is 0.338. The van der Waals surface area contributed by atoms with Crippen LogP contribution >= 0.6 is 15.9 Å². The maximum absolute atomic E-state index is 13.9. The van der Waals surface area contributed by atoms with Gasteiger partial charge in [-0.25, -0.2) is 9.02 Å². The van der Waals surface area contributed by atoms with Gasteiger partial charge in [0.25, 0.3) is 5.91 Å². The maximum atomic E-state index is 13.9. The Labute approximate surface area is 192 Å². The van der Waals surface area contributed by atoms with Crippen LogP contribution in [-0.4, -0.2) is 35.9 Å². The van der Waals surface area contributed by atoms with Crippen molar-refractivity contribution in [1.29, 1.82) is 0 Å². The van der Waals surface area contributed by atoms with E-state index >= 15 is 0 Å². The molecular formula is C21H23BrFN5O4. The summed E-state index contributed by atoms with van der Waals surface area (Å²) in [5, 5.41) is 12.7. The number of carbonyl (C=O) groups is 1. The number of hydrogen-bond donors (Lipinski definition) is 3. The number of hydrogen-bond acceptors (Lipinski definition) is 8. The molecule has 1 heterocycles. The number of nitrogens with one attached hydrogen (secondary N) is 2. The normalized spacial score (nSPS) is 10.7. The predicted octanol–water partition coefficient (Wildman–Crippen LogP) is 3.05. The molecule has 0 unspecified atom stereocenters. The summed E-state index contributed by atoms with van der Waals surface area (Å²) in [5.74, 6) is 0.241. The van der Waals surface area contributed by atoms with Gasteiger partial charge in [-0.15, -0.1) is 0 Å². The van der Waals surface area contributed by atoms with Crippen LogP contribution in [0.4, 0.5) is 10.2 Å².